The standard InChI is InChI=1S/C42H27N7/c1-2-10-30-25-31(18-17-28(30)9-1)29-19-21-33(22-20-29)49-47-41-27-32(35-13-7-15-39(45-35)37-11-3-5-23-43-37)26-34(42(41)48-49)36-14-8-16-40(46-36)38-12-4-6-24-44-38/h1-27H. The van der Waals surface area contributed by atoms with E-state index in [-0.39, 0.29) is 0 Å². The molecule has 0 N–H and O–H groups in total. The van der Waals surface area contributed by atoms with Gasteiger partial charge in [0.05, 0.1) is 39.9 Å². The molecule has 0 fully saturated rings. The van der Waals surface area contributed by atoms with Crippen LogP contribution in [0.2, 0.25) is 0 Å². The molecule has 0 aliphatic carbocycles. The quantitative estimate of drug-likeness (QED) is 0.182. The fourth-order valence-corrected chi connectivity index (χ4v) is 6.13. The van der Waals surface area contributed by atoms with Gasteiger partial charge in [0.2, 0.25) is 0 Å². The van der Waals surface area contributed by atoms with Crippen molar-refractivity contribution in [1.82, 2.24) is 34.9 Å². The molecule has 0 radical (unpaired) electrons. The average Bonchev–Trinajstić information content (AvgIpc) is 3.63. The van der Waals surface area contributed by atoms with Crippen LogP contribution in [-0.4, -0.2) is 34.9 Å². The SMILES string of the molecule is c1ccc(-c2cccc(-c3cc(-c4cccc(-c5ccccn5)n4)c4nn(-c5ccc(-c6ccc7ccccc7c6)cc5)nc4c3)n2)nc1. The minimum Gasteiger partial charge on any atom is -0.255 e. The number of hydrogen-bond acceptors (Lipinski definition) is 6. The Kier molecular flexibility index (Phi) is 6.98. The van der Waals surface area contributed by atoms with Crippen LogP contribution in [0.1, 0.15) is 0 Å². The maximum atomic E-state index is 5.04. The fourth-order valence-electron chi connectivity index (χ4n) is 6.13. The van der Waals surface area contributed by atoms with E-state index in [0.29, 0.717) is 0 Å². The van der Waals surface area contributed by atoms with Crippen LogP contribution in [0.3, 0.4) is 0 Å². The number of rotatable bonds is 6. The average molecular weight is 630 g/mol. The van der Waals surface area contributed by atoms with Crippen molar-refractivity contribution in [3.63, 3.8) is 0 Å². The summed E-state index contributed by atoms with van der Waals surface area (Å²) >= 11 is 0. The molecule has 230 valence electrons. The topological polar surface area (TPSA) is 82.3 Å². The van der Waals surface area contributed by atoms with E-state index in [1.165, 1.54) is 10.8 Å². The summed E-state index contributed by atoms with van der Waals surface area (Å²) < 4.78 is 0. The second kappa shape index (κ2) is 12.1. The van der Waals surface area contributed by atoms with Gasteiger partial charge in [-0.05, 0) is 101 Å². The van der Waals surface area contributed by atoms with E-state index in [4.69, 9.17) is 20.2 Å². The van der Waals surface area contributed by atoms with Crippen molar-refractivity contribution >= 4 is 21.8 Å². The molecule has 7 heteroatoms. The Morgan fingerprint density at radius 1 is 0.388 bits per heavy atom. The van der Waals surface area contributed by atoms with Gasteiger partial charge in [0.15, 0.2) is 0 Å². The second-order valence-corrected chi connectivity index (χ2v) is 11.7. The van der Waals surface area contributed by atoms with Crippen LogP contribution in [0.5, 0.6) is 0 Å². The zero-order valence-corrected chi connectivity index (χ0v) is 26.2. The summed E-state index contributed by atoms with van der Waals surface area (Å²) in [6.45, 7) is 0. The lowest BCUT2D eigenvalue weighted by molar-refractivity contribution is 0.766. The first-order valence-electron chi connectivity index (χ1n) is 16.0. The molecule has 0 spiro atoms. The van der Waals surface area contributed by atoms with Gasteiger partial charge in [-0.25, -0.2) is 9.97 Å². The van der Waals surface area contributed by atoms with Gasteiger partial charge in [-0.3, -0.25) is 9.97 Å². The molecule has 49 heavy (non-hydrogen) atoms. The molecule has 0 saturated heterocycles. The van der Waals surface area contributed by atoms with E-state index >= 15 is 0 Å². The number of benzene rings is 4. The van der Waals surface area contributed by atoms with E-state index < -0.39 is 0 Å². The largest absolute Gasteiger partial charge is 0.255 e. The summed E-state index contributed by atoms with van der Waals surface area (Å²) in [7, 11) is 0. The molecule has 0 amide bonds. The van der Waals surface area contributed by atoms with Gasteiger partial charge in [-0.15, -0.1) is 10.2 Å². The highest BCUT2D eigenvalue weighted by Crippen LogP contribution is 2.34. The highest BCUT2D eigenvalue weighted by atomic mass is 15.5. The van der Waals surface area contributed by atoms with E-state index in [1.807, 2.05) is 78.9 Å². The third kappa shape index (κ3) is 5.49. The number of aromatic nitrogens is 7. The molecule has 0 aliphatic heterocycles. The smallest absolute Gasteiger partial charge is 0.123 e. The molecular formula is C42H27N7. The third-order valence-corrected chi connectivity index (χ3v) is 8.59. The van der Waals surface area contributed by atoms with Gasteiger partial charge < -0.3 is 0 Å². The Hall–Kier alpha value is -6.86. The maximum absolute atomic E-state index is 5.04. The van der Waals surface area contributed by atoms with Crippen LogP contribution in [0, 0.1) is 0 Å². The summed E-state index contributed by atoms with van der Waals surface area (Å²) in [5.74, 6) is 0. The number of hydrogen-bond donors (Lipinski definition) is 0. The Balaban J connectivity index is 1.16. The zero-order chi connectivity index (χ0) is 32.6. The normalized spacial score (nSPS) is 11.3. The minimum absolute atomic E-state index is 0.737. The second-order valence-electron chi connectivity index (χ2n) is 11.7. The molecule has 0 bridgehead atoms. The Labute approximate surface area is 282 Å². The van der Waals surface area contributed by atoms with Crippen LogP contribution < -0.4 is 0 Å². The monoisotopic (exact) mass is 629 g/mol. The van der Waals surface area contributed by atoms with E-state index in [9.17, 15) is 0 Å². The molecule has 4 aromatic carbocycles. The van der Waals surface area contributed by atoms with Gasteiger partial charge >= 0.3 is 0 Å². The van der Waals surface area contributed by atoms with Crippen molar-refractivity contribution < 1.29 is 0 Å². The van der Waals surface area contributed by atoms with Gasteiger partial charge in [0.1, 0.15) is 11.0 Å². The molecule has 9 rings (SSSR count). The Bertz CT molecular complexity index is 2600. The molecule has 5 heterocycles. The number of fused-ring (bicyclic) bond motifs is 2. The molecule has 0 aliphatic rings. The molecule has 9 aromatic rings. The zero-order valence-electron chi connectivity index (χ0n) is 26.2. The Morgan fingerprint density at radius 3 is 1.71 bits per heavy atom. The molecule has 7 nitrogen and oxygen atoms in total. The van der Waals surface area contributed by atoms with Crippen molar-refractivity contribution in [1.29, 1.82) is 0 Å². The first-order chi connectivity index (χ1) is 24.2. The van der Waals surface area contributed by atoms with Gasteiger partial charge in [-0.2, -0.15) is 4.80 Å². The lowest BCUT2D eigenvalue weighted by Crippen LogP contribution is -1.98. The number of nitrogens with zero attached hydrogens (tertiary/aromatic N) is 7. The molecular weight excluding hydrogens is 603 g/mol. The summed E-state index contributed by atoms with van der Waals surface area (Å²) in [5, 5.41) is 12.5. The van der Waals surface area contributed by atoms with Crippen LogP contribution in [-0.2, 0) is 0 Å². The summed E-state index contributed by atoms with van der Waals surface area (Å²) in [6, 6.07) is 51.1. The predicted octanol–water partition coefficient (Wildman–Crippen LogP) is 9.49. The van der Waals surface area contributed by atoms with E-state index in [0.717, 1.165) is 73.1 Å². The lowest BCUT2D eigenvalue weighted by atomic mass is 10.0. The first-order valence-corrected chi connectivity index (χ1v) is 16.0. The van der Waals surface area contributed by atoms with Crippen LogP contribution >= 0.6 is 0 Å². The number of pyridine rings is 4. The molecule has 5 aromatic heterocycles. The minimum atomic E-state index is 0.737. The first kappa shape index (κ1) is 28.4. The summed E-state index contributed by atoms with van der Waals surface area (Å²) in [4.78, 5) is 20.8. The highest BCUT2D eigenvalue weighted by Gasteiger charge is 2.17. The van der Waals surface area contributed by atoms with Crippen molar-refractivity contribution in [3.8, 4) is 62.1 Å². The van der Waals surface area contributed by atoms with Gasteiger partial charge in [0.25, 0.3) is 0 Å². The molecule has 0 unspecified atom stereocenters. The fraction of sp³-hybridized carbons (Fsp3) is 0. The summed E-state index contributed by atoms with van der Waals surface area (Å²) in [6.07, 6.45) is 3.56. The molecule has 0 atom stereocenters. The van der Waals surface area contributed by atoms with E-state index in [2.05, 4.69) is 82.8 Å². The van der Waals surface area contributed by atoms with Crippen molar-refractivity contribution in [3.05, 3.63) is 164 Å². The van der Waals surface area contributed by atoms with Crippen molar-refractivity contribution in [2.45, 2.75) is 0 Å². The highest BCUT2D eigenvalue weighted by molar-refractivity contribution is 5.95. The molecule has 0 saturated carbocycles. The third-order valence-electron chi connectivity index (χ3n) is 8.59. The predicted molar refractivity (Wildman–Crippen MR) is 195 cm³/mol. The van der Waals surface area contributed by atoms with Gasteiger partial charge in [-0.1, -0.05) is 72.8 Å². The van der Waals surface area contributed by atoms with Gasteiger partial charge in [0, 0.05) is 23.5 Å². The van der Waals surface area contributed by atoms with Crippen molar-refractivity contribution in [2.24, 2.45) is 0 Å². The lowest BCUT2D eigenvalue weighted by Gasteiger charge is -2.09. The van der Waals surface area contributed by atoms with Crippen molar-refractivity contribution in [2.75, 3.05) is 0 Å². The summed E-state index contributed by atoms with van der Waals surface area (Å²) in [5.41, 5.74) is 11.2. The van der Waals surface area contributed by atoms with Crippen LogP contribution in [0.4, 0.5) is 0 Å². The van der Waals surface area contributed by atoms with Crippen LogP contribution in [0.25, 0.3) is 83.9 Å². The van der Waals surface area contributed by atoms with E-state index in [1.54, 1.807) is 17.2 Å². The maximum Gasteiger partial charge on any atom is 0.123 e. The Morgan fingerprint density at radius 2 is 1.00 bits per heavy atom. The van der Waals surface area contributed by atoms with Crippen LogP contribution in [0.15, 0.2) is 164 Å².